The lowest BCUT2D eigenvalue weighted by Gasteiger charge is -2.07. The highest BCUT2D eigenvalue weighted by Gasteiger charge is 2.14. The number of hydrogen-bond acceptors (Lipinski definition) is 5. The van der Waals surface area contributed by atoms with Crippen LogP contribution in [0.15, 0.2) is 33.5 Å². The molecule has 2 rings (SSSR count). The largest absolute Gasteiger partial charge is 0.493 e. The molecule has 0 saturated heterocycles. The molecule has 1 aromatic heterocycles. The number of fused-ring (bicyclic) bond motifs is 1. The fourth-order valence-electron chi connectivity index (χ4n) is 1.92. The van der Waals surface area contributed by atoms with E-state index in [1.54, 1.807) is 25.1 Å². The minimum atomic E-state index is -0.706. The van der Waals surface area contributed by atoms with Gasteiger partial charge in [0.25, 0.3) is 0 Å². The first-order valence-corrected chi connectivity index (χ1v) is 8.21. The van der Waals surface area contributed by atoms with Crippen molar-refractivity contribution < 1.29 is 18.7 Å². The maximum Gasteiger partial charge on any atom is 0.351 e. The maximum atomic E-state index is 11.8. The predicted octanol–water partition coefficient (Wildman–Crippen LogP) is 3.52. The summed E-state index contributed by atoms with van der Waals surface area (Å²) in [6.07, 6.45) is 1.97. The van der Waals surface area contributed by atoms with E-state index in [-0.39, 0.29) is 12.2 Å². The summed E-state index contributed by atoms with van der Waals surface area (Å²) in [5, 5.41) is 1.59. The summed E-state index contributed by atoms with van der Waals surface area (Å²) in [5.41, 5.74) is -0.418. The molecule has 0 aliphatic carbocycles. The van der Waals surface area contributed by atoms with Crippen molar-refractivity contribution in [2.45, 2.75) is 19.8 Å². The van der Waals surface area contributed by atoms with Gasteiger partial charge >= 0.3 is 11.6 Å². The van der Waals surface area contributed by atoms with Crippen LogP contribution in [0, 0.1) is 0 Å². The van der Waals surface area contributed by atoms with Crippen LogP contribution in [0.3, 0.4) is 0 Å². The van der Waals surface area contributed by atoms with Gasteiger partial charge in [-0.1, -0.05) is 15.9 Å². The minimum Gasteiger partial charge on any atom is -0.493 e. The lowest BCUT2D eigenvalue weighted by atomic mass is 10.2. The quantitative estimate of drug-likeness (QED) is 0.323. The van der Waals surface area contributed by atoms with Crippen LogP contribution < -0.4 is 10.4 Å². The fraction of sp³-hybridized carbons (Fsp3) is 0.375. The number of hydrogen-bond donors (Lipinski definition) is 0. The van der Waals surface area contributed by atoms with Crippen molar-refractivity contribution in [1.29, 1.82) is 0 Å². The Morgan fingerprint density at radius 1 is 1.27 bits per heavy atom. The normalized spacial score (nSPS) is 10.6. The van der Waals surface area contributed by atoms with Crippen molar-refractivity contribution in [1.82, 2.24) is 0 Å². The summed E-state index contributed by atoms with van der Waals surface area (Å²) >= 11 is 3.36. The molecular formula is C16H17BrO5. The number of carbonyl (C=O) groups is 1. The molecule has 0 radical (unpaired) electrons. The third-order valence-electron chi connectivity index (χ3n) is 3.00. The second-order valence-corrected chi connectivity index (χ2v) is 5.41. The molecule has 1 aromatic carbocycles. The van der Waals surface area contributed by atoms with Gasteiger partial charge in [-0.25, -0.2) is 9.59 Å². The van der Waals surface area contributed by atoms with E-state index in [4.69, 9.17) is 13.9 Å². The molecule has 0 fully saturated rings. The molecule has 0 bridgehead atoms. The zero-order valence-corrected chi connectivity index (χ0v) is 13.9. The van der Waals surface area contributed by atoms with Crippen LogP contribution in [0.5, 0.6) is 5.75 Å². The first-order valence-electron chi connectivity index (χ1n) is 7.09. The number of halogens is 1. The van der Waals surface area contributed by atoms with Crippen LogP contribution in [-0.2, 0) is 4.74 Å². The Morgan fingerprint density at radius 2 is 2.09 bits per heavy atom. The summed E-state index contributed by atoms with van der Waals surface area (Å²) in [5.74, 6) is -0.0395. The average molecular weight is 369 g/mol. The van der Waals surface area contributed by atoms with E-state index in [0.29, 0.717) is 23.3 Å². The number of carbonyl (C=O) groups excluding carboxylic acids is 1. The van der Waals surface area contributed by atoms with Crippen molar-refractivity contribution in [3.8, 4) is 5.75 Å². The third-order valence-corrected chi connectivity index (χ3v) is 3.56. The Balaban J connectivity index is 2.22. The molecule has 6 heteroatoms. The summed E-state index contributed by atoms with van der Waals surface area (Å²) in [6.45, 7) is 2.49. The molecule has 0 spiro atoms. The molecule has 0 amide bonds. The summed E-state index contributed by atoms with van der Waals surface area (Å²) in [6, 6.07) is 6.67. The first kappa shape index (κ1) is 16.5. The molecule has 2 aromatic rings. The highest BCUT2D eigenvalue weighted by atomic mass is 79.9. The van der Waals surface area contributed by atoms with Crippen LogP contribution in [0.25, 0.3) is 11.0 Å². The standard InChI is InChI=1S/C16H17BrO5/c1-2-20-15(18)13-9-11-5-6-12(21-8-4-3-7-17)10-14(11)22-16(13)19/h5-6,9-10H,2-4,7-8H2,1H3. The van der Waals surface area contributed by atoms with Crippen LogP contribution in [0.1, 0.15) is 30.1 Å². The zero-order chi connectivity index (χ0) is 15.9. The highest BCUT2D eigenvalue weighted by Crippen LogP contribution is 2.21. The van der Waals surface area contributed by atoms with Gasteiger partial charge in [-0.3, -0.25) is 0 Å². The summed E-state index contributed by atoms with van der Waals surface area (Å²) in [7, 11) is 0. The van der Waals surface area contributed by atoms with Gasteiger partial charge in [0.05, 0.1) is 13.2 Å². The molecule has 0 N–H and O–H groups in total. The van der Waals surface area contributed by atoms with E-state index in [1.807, 2.05) is 0 Å². The fourth-order valence-corrected chi connectivity index (χ4v) is 2.32. The lowest BCUT2D eigenvalue weighted by Crippen LogP contribution is -2.16. The molecule has 1 heterocycles. The molecule has 0 unspecified atom stereocenters. The van der Waals surface area contributed by atoms with E-state index in [0.717, 1.165) is 18.2 Å². The van der Waals surface area contributed by atoms with E-state index >= 15 is 0 Å². The van der Waals surface area contributed by atoms with Crippen molar-refractivity contribution in [3.63, 3.8) is 0 Å². The molecule has 0 atom stereocenters. The van der Waals surface area contributed by atoms with Crippen LogP contribution >= 0.6 is 15.9 Å². The predicted molar refractivity (Wildman–Crippen MR) is 87.0 cm³/mol. The Bertz CT molecular complexity index is 707. The molecule has 22 heavy (non-hydrogen) atoms. The first-order chi connectivity index (χ1) is 10.7. The number of rotatable bonds is 7. The Morgan fingerprint density at radius 3 is 2.82 bits per heavy atom. The van der Waals surface area contributed by atoms with Gasteiger partial charge in [0.2, 0.25) is 0 Å². The van der Waals surface area contributed by atoms with E-state index in [9.17, 15) is 9.59 Å². The summed E-state index contributed by atoms with van der Waals surface area (Å²) in [4.78, 5) is 23.5. The van der Waals surface area contributed by atoms with Gasteiger partial charge in [-0.2, -0.15) is 0 Å². The molecule has 5 nitrogen and oxygen atoms in total. The van der Waals surface area contributed by atoms with Crippen molar-refractivity contribution in [2.24, 2.45) is 0 Å². The smallest absolute Gasteiger partial charge is 0.351 e. The molecular weight excluding hydrogens is 352 g/mol. The maximum absolute atomic E-state index is 11.8. The van der Waals surface area contributed by atoms with Gasteiger partial charge in [0.15, 0.2) is 0 Å². The number of unbranched alkanes of at least 4 members (excludes halogenated alkanes) is 1. The Kier molecular flexibility index (Phi) is 6.00. The van der Waals surface area contributed by atoms with Gasteiger partial charge in [-0.15, -0.1) is 0 Å². The topological polar surface area (TPSA) is 65.7 Å². The zero-order valence-electron chi connectivity index (χ0n) is 12.3. The van der Waals surface area contributed by atoms with E-state index in [2.05, 4.69) is 15.9 Å². The number of benzene rings is 1. The minimum absolute atomic E-state index is 0.0969. The second kappa shape index (κ2) is 7.98. The molecule has 118 valence electrons. The molecule has 0 aliphatic rings. The van der Waals surface area contributed by atoms with E-state index in [1.165, 1.54) is 6.07 Å². The van der Waals surface area contributed by atoms with Crippen LogP contribution in [-0.4, -0.2) is 24.5 Å². The molecule has 0 saturated carbocycles. The van der Waals surface area contributed by atoms with Crippen LogP contribution in [0.2, 0.25) is 0 Å². The Hall–Kier alpha value is -1.82. The van der Waals surface area contributed by atoms with Gasteiger partial charge in [-0.05, 0) is 38.0 Å². The van der Waals surface area contributed by atoms with E-state index < -0.39 is 11.6 Å². The van der Waals surface area contributed by atoms with Crippen molar-refractivity contribution in [2.75, 3.05) is 18.5 Å². The van der Waals surface area contributed by atoms with Crippen molar-refractivity contribution in [3.05, 3.63) is 40.2 Å². The monoisotopic (exact) mass is 368 g/mol. The average Bonchev–Trinajstić information content (AvgIpc) is 2.51. The van der Waals surface area contributed by atoms with Crippen LogP contribution in [0.4, 0.5) is 0 Å². The van der Waals surface area contributed by atoms with Gasteiger partial charge in [0, 0.05) is 16.8 Å². The third kappa shape index (κ3) is 4.10. The summed E-state index contributed by atoms with van der Waals surface area (Å²) < 4.78 is 15.6. The van der Waals surface area contributed by atoms with Crippen molar-refractivity contribution >= 4 is 32.9 Å². The number of esters is 1. The number of ether oxygens (including phenoxy) is 2. The SMILES string of the molecule is CCOC(=O)c1cc2ccc(OCCCCBr)cc2oc1=O. The Labute approximate surface area is 136 Å². The molecule has 0 aliphatic heterocycles. The number of alkyl halides is 1. The highest BCUT2D eigenvalue weighted by molar-refractivity contribution is 9.09. The van der Waals surface area contributed by atoms with Gasteiger partial charge < -0.3 is 13.9 Å². The van der Waals surface area contributed by atoms with Gasteiger partial charge in [0.1, 0.15) is 16.9 Å². The lowest BCUT2D eigenvalue weighted by molar-refractivity contribution is 0.0522. The second-order valence-electron chi connectivity index (χ2n) is 4.61.